The number of rotatable bonds is 3. The second kappa shape index (κ2) is 4.99. The van der Waals surface area contributed by atoms with Gasteiger partial charge < -0.3 is 5.11 Å². The standard InChI is InChI=1S/C14H17N3O2/c18-14(19)12-7-6-11-8-15-17(13(11)16-12)9-10-4-2-1-3-5-10/h6-8,10H,1-5,9H2,(H,18,19). The van der Waals surface area contributed by atoms with Crippen LogP contribution >= 0.6 is 0 Å². The van der Waals surface area contributed by atoms with Gasteiger partial charge >= 0.3 is 5.97 Å². The molecule has 0 aliphatic heterocycles. The van der Waals surface area contributed by atoms with E-state index in [9.17, 15) is 4.79 Å². The maximum Gasteiger partial charge on any atom is 0.354 e. The topological polar surface area (TPSA) is 68.0 Å². The maximum absolute atomic E-state index is 11.0. The van der Waals surface area contributed by atoms with Crippen LogP contribution in [0.3, 0.4) is 0 Å². The summed E-state index contributed by atoms with van der Waals surface area (Å²) in [5.41, 5.74) is 0.767. The van der Waals surface area contributed by atoms with Gasteiger partial charge in [-0.2, -0.15) is 5.10 Å². The lowest BCUT2D eigenvalue weighted by Crippen LogP contribution is -2.15. The minimum Gasteiger partial charge on any atom is -0.477 e. The molecule has 0 radical (unpaired) electrons. The first-order valence-corrected chi connectivity index (χ1v) is 6.80. The predicted molar refractivity (Wildman–Crippen MR) is 71.1 cm³/mol. The van der Waals surface area contributed by atoms with E-state index in [1.54, 1.807) is 12.3 Å². The lowest BCUT2D eigenvalue weighted by Gasteiger charge is -2.21. The van der Waals surface area contributed by atoms with E-state index in [-0.39, 0.29) is 5.69 Å². The molecule has 2 heterocycles. The minimum atomic E-state index is -0.993. The average Bonchev–Trinajstić information content (AvgIpc) is 2.82. The molecule has 0 atom stereocenters. The summed E-state index contributed by atoms with van der Waals surface area (Å²) in [6.45, 7) is 0.847. The monoisotopic (exact) mass is 259 g/mol. The maximum atomic E-state index is 11.0. The average molecular weight is 259 g/mol. The highest BCUT2D eigenvalue weighted by atomic mass is 16.4. The molecule has 100 valence electrons. The predicted octanol–water partition coefficient (Wildman–Crippen LogP) is 2.71. The van der Waals surface area contributed by atoms with Crippen LogP contribution in [0.4, 0.5) is 0 Å². The highest BCUT2D eigenvalue weighted by Crippen LogP contribution is 2.25. The second-order valence-corrected chi connectivity index (χ2v) is 5.25. The van der Waals surface area contributed by atoms with Crippen LogP contribution in [0.15, 0.2) is 18.3 Å². The molecular weight excluding hydrogens is 242 g/mol. The van der Waals surface area contributed by atoms with E-state index >= 15 is 0 Å². The molecule has 0 unspecified atom stereocenters. The lowest BCUT2D eigenvalue weighted by atomic mass is 9.89. The fourth-order valence-electron chi connectivity index (χ4n) is 2.82. The van der Waals surface area contributed by atoms with Gasteiger partial charge in [0.25, 0.3) is 0 Å². The van der Waals surface area contributed by atoms with Crippen molar-refractivity contribution in [3.63, 3.8) is 0 Å². The number of carboxylic acid groups (broad SMARTS) is 1. The smallest absolute Gasteiger partial charge is 0.354 e. The number of aromatic carboxylic acids is 1. The fourth-order valence-corrected chi connectivity index (χ4v) is 2.82. The minimum absolute atomic E-state index is 0.0814. The van der Waals surface area contributed by atoms with Crippen molar-refractivity contribution in [3.05, 3.63) is 24.0 Å². The molecule has 1 aliphatic rings. The van der Waals surface area contributed by atoms with Crippen LogP contribution in [-0.4, -0.2) is 25.8 Å². The summed E-state index contributed by atoms with van der Waals surface area (Å²) in [6.07, 6.45) is 8.14. The van der Waals surface area contributed by atoms with Crippen LogP contribution < -0.4 is 0 Å². The van der Waals surface area contributed by atoms with Gasteiger partial charge in [-0.3, -0.25) is 0 Å². The Bertz CT molecular complexity index is 600. The number of fused-ring (bicyclic) bond motifs is 1. The van der Waals surface area contributed by atoms with E-state index in [1.807, 2.05) is 4.68 Å². The Morgan fingerprint density at radius 2 is 2.11 bits per heavy atom. The Kier molecular flexibility index (Phi) is 3.19. The molecule has 0 spiro atoms. The van der Waals surface area contributed by atoms with Gasteiger partial charge in [0.15, 0.2) is 11.3 Å². The van der Waals surface area contributed by atoms with E-state index in [2.05, 4.69) is 10.1 Å². The van der Waals surface area contributed by atoms with Gasteiger partial charge in [-0.05, 0) is 30.9 Å². The molecule has 0 saturated heterocycles. The molecule has 0 bridgehead atoms. The molecule has 1 saturated carbocycles. The van der Waals surface area contributed by atoms with E-state index in [1.165, 1.54) is 38.2 Å². The summed E-state index contributed by atoms with van der Waals surface area (Å²) in [6, 6.07) is 3.30. The van der Waals surface area contributed by atoms with E-state index in [0.29, 0.717) is 11.6 Å². The molecule has 2 aromatic rings. The zero-order valence-electron chi connectivity index (χ0n) is 10.7. The summed E-state index contributed by atoms with van der Waals surface area (Å²) in [5.74, 6) is -0.348. The first kappa shape index (κ1) is 12.1. The van der Waals surface area contributed by atoms with Gasteiger partial charge in [-0.25, -0.2) is 14.5 Å². The van der Waals surface area contributed by atoms with Gasteiger partial charge in [0.2, 0.25) is 0 Å². The SMILES string of the molecule is O=C(O)c1ccc2cnn(CC3CCCCC3)c2n1. The largest absolute Gasteiger partial charge is 0.477 e. The molecule has 1 N–H and O–H groups in total. The summed E-state index contributed by atoms with van der Waals surface area (Å²) in [5, 5.41) is 14.3. The third-order valence-electron chi connectivity index (χ3n) is 3.86. The van der Waals surface area contributed by atoms with Crippen LogP contribution in [0.25, 0.3) is 11.0 Å². The number of pyridine rings is 1. The normalized spacial score (nSPS) is 16.8. The van der Waals surface area contributed by atoms with Crippen LogP contribution in [0.1, 0.15) is 42.6 Å². The van der Waals surface area contributed by atoms with Gasteiger partial charge in [0.1, 0.15) is 0 Å². The van der Waals surface area contributed by atoms with Crippen molar-refractivity contribution in [2.75, 3.05) is 0 Å². The number of carbonyl (C=O) groups is 1. The summed E-state index contributed by atoms with van der Waals surface area (Å²) in [4.78, 5) is 15.2. The van der Waals surface area contributed by atoms with Crippen LogP contribution in [0.2, 0.25) is 0 Å². The summed E-state index contributed by atoms with van der Waals surface area (Å²) < 4.78 is 1.86. The Labute approximate surface area is 111 Å². The lowest BCUT2D eigenvalue weighted by molar-refractivity contribution is 0.0691. The first-order chi connectivity index (χ1) is 9.24. The summed E-state index contributed by atoms with van der Waals surface area (Å²) >= 11 is 0. The van der Waals surface area contributed by atoms with Crippen molar-refractivity contribution in [3.8, 4) is 0 Å². The van der Waals surface area contributed by atoms with E-state index < -0.39 is 5.97 Å². The number of carboxylic acids is 1. The Morgan fingerprint density at radius 3 is 2.84 bits per heavy atom. The highest BCUT2D eigenvalue weighted by Gasteiger charge is 2.16. The van der Waals surface area contributed by atoms with Crippen LogP contribution in [-0.2, 0) is 6.54 Å². The third kappa shape index (κ3) is 2.45. The molecule has 2 aromatic heterocycles. The number of aromatic nitrogens is 3. The molecule has 0 aromatic carbocycles. The van der Waals surface area contributed by atoms with E-state index in [4.69, 9.17) is 5.11 Å². The molecular formula is C14H17N3O2. The van der Waals surface area contributed by atoms with Crippen molar-refractivity contribution < 1.29 is 9.90 Å². The Morgan fingerprint density at radius 1 is 1.32 bits per heavy atom. The second-order valence-electron chi connectivity index (χ2n) is 5.25. The first-order valence-electron chi connectivity index (χ1n) is 6.80. The van der Waals surface area contributed by atoms with Crippen molar-refractivity contribution in [1.82, 2.24) is 14.8 Å². The zero-order valence-corrected chi connectivity index (χ0v) is 10.7. The number of hydrogen-bond donors (Lipinski definition) is 1. The van der Waals surface area contributed by atoms with Gasteiger partial charge in [-0.1, -0.05) is 19.3 Å². The van der Waals surface area contributed by atoms with Crippen molar-refractivity contribution in [2.45, 2.75) is 38.6 Å². The Hall–Kier alpha value is -1.91. The zero-order chi connectivity index (χ0) is 13.2. The molecule has 5 nitrogen and oxygen atoms in total. The number of hydrogen-bond acceptors (Lipinski definition) is 3. The van der Waals surface area contributed by atoms with Crippen LogP contribution in [0, 0.1) is 5.92 Å². The molecule has 0 amide bonds. The molecule has 5 heteroatoms. The van der Waals surface area contributed by atoms with E-state index in [0.717, 1.165) is 11.9 Å². The molecule has 3 rings (SSSR count). The van der Waals surface area contributed by atoms with Crippen molar-refractivity contribution in [1.29, 1.82) is 0 Å². The Balaban J connectivity index is 1.89. The van der Waals surface area contributed by atoms with Gasteiger partial charge in [0.05, 0.1) is 6.20 Å². The summed E-state index contributed by atoms with van der Waals surface area (Å²) in [7, 11) is 0. The van der Waals surface area contributed by atoms with Gasteiger partial charge in [-0.15, -0.1) is 0 Å². The fraction of sp³-hybridized carbons (Fsp3) is 0.500. The van der Waals surface area contributed by atoms with Gasteiger partial charge in [0, 0.05) is 11.9 Å². The van der Waals surface area contributed by atoms with Crippen molar-refractivity contribution >= 4 is 17.0 Å². The van der Waals surface area contributed by atoms with Crippen molar-refractivity contribution in [2.24, 2.45) is 5.92 Å². The molecule has 19 heavy (non-hydrogen) atoms. The quantitative estimate of drug-likeness (QED) is 0.920. The number of nitrogens with zero attached hydrogens (tertiary/aromatic N) is 3. The third-order valence-corrected chi connectivity index (χ3v) is 3.86. The highest BCUT2D eigenvalue weighted by molar-refractivity contribution is 5.88. The molecule has 1 fully saturated rings. The molecule has 1 aliphatic carbocycles. The van der Waals surface area contributed by atoms with Crippen LogP contribution in [0.5, 0.6) is 0 Å².